The van der Waals surface area contributed by atoms with Gasteiger partial charge in [0, 0.05) is 19.4 Å². The number of rotatable bonds is 5. The van der Waals surface area contributed by atoms with Crippen LogP contribution in [0.3, 0.4) is 0 Å². The molecule has 0 saturated heterocycles. The smallest absolute Gasteiger partial charge is 0.243 e. The Morgan fingerprint density at radius 2 is 1.71 bits per heavy atom. The molecule has 0 fully saturated rings. The van der Waals surface area contributed by atoms with Gasteiger partial charge in [-0.15, -0.1) is 0 Å². The van der Waals surface area contributed by atoms with Crippen molar-refractivity contribution >= 4 is 16.3 Å². The highest BCUT2D eigenvalue weighted by atomic mass is 32.2. The Morgan fingerprint density at radius 3 is 2.24 bits per heavy atom. The third kappa shape index (κ3) is 3.50. The summed E-state index contributed by atoms with van der Waals surface area (Å²) in [5.41, 5.74) is 1.34. The van der Waals surface area contributed by atoms with E-state index in [2.05, 4.69) is 9.97 Å². The predicted octanol–water partition coefficient (Wildman–Crippen LogP) is 1.42. The first-order valence-corrected chi connectivity index (χ1v) is 7.66. The van der Waals surface area contributed by atoms with E-state index in [4.69, 9.17) is 0 Å². The van der Waals surface area contributed by atoms with E-state index < -0.39 is 10.0 Å². The van der Waals surface area contributed by atoms with Gasteiger partial charge in [-0.3, -0.25) is 4.79 Å². The zero-order valence-corrected chi connectivity index (χ0v) is 12.5. The number of aromatic nitrogens is 2. The van der Waals surface area contributed by atoms with Crippen LogP contribution in [0, 0.1) is 6.92 Å². The Hall–Kier alpha value is -2.12. The van der Waals surface area contributed by atoms with E-state index in [-0.39, 0.29) is 11.4 Å². The number of aldehydes is 1. The Balaban J connectivity index is 2.19. The fourth-order valence-corrected chi connectivity index (χ4v) is 2.81. The number of carbonyl (C=O) groups is 1. The molecule has 0 unspecified atom stereocenters. The lowest BCUT2D eigenvalue weighted by molar-refractivity contribution is 0.112. The molecule has 0 spiro atoms. The average Bonchev–Trinajstić information content (AvgIpc) is 2.48. The van der Waals surface area contributed by atoms with Crippen molar-refractivity contribution in [3.05, 3.63) is 53.6 Å². The molecule has 1 aromatic carbocycles. The maximum absolute atomic E-state index is 12.4. The summed E-state index contributed by atoms with van der Waals surface area (Å²) in [6.45, 7) is 1.93. The Labute approximate surface area is 123 Å². The summed E-state index contributed by atoms with van der Waals surface area (Å²) < 4.78 is 25.9. The zero-order valence-electron chi connectivity index (χ0n) is 11.7. The van der Waals surface area contributed by atoms with Crippen molar-refractivity contribution in [2.45, 2.75) is 18.4 Å². The van der Waals surface area contributed by atoms with Gasteiger partial charge in [-0.25, -0.2) is 18.4 Å². The fraction of sp³-hybridized carbons (Fsp3) is 0.214. The van der Waals surface area contributed by atoms with Gasteiger partial charge in [0.1, 0.15) is 5.82 Å². The van der Waals surface area contributed by atoms with Crippen molar-refractivity contribution in [3.63, 3.8) is 0 Å². The minimum Gasteiger partial charge on any atom is -0.298 e. The highest BCUT2D eigenvalue weighted by Gasteiger charge is 2.21. The van der Waals surface area contributed by atoms with E-state index in [0.717, 1.165) is 5.56 Å². The number of aryl methyl sites for hydroxylation is 1. The van der Waals surface area contributed by atoms with Crippen LogP contribution in [0.15, 0.2) is 41.6 Å². The van der Waals surface area contributed by atoms with Gasteiger partial charge in [0.15, 0.2) is 6.29 Å². The first-order valence-electron chi connectivity index (χ1n) is 6.22. The molecule has 0 atom stereocenters. The maximum atomic E-state index is 12.4. The van der Waals surface area contributed by atoms with E-state index in [1.165, 1.54) is 23.7 Å². The standard InChI is InChI=1S/C14H15N3O3S/c1-11-3-5-13(6-4-11)21(19,20)17(2)9-14-15-7-12(10-18)8-16-14/h3-8,10H,9H2,1-2H3. The molecule has 1 aromatic heterocycles. The van der Waals surface area contributed by atoms with Crippen LogP contribution in [0.1, 0.15) is 21.7 Å². The predicted molar refractivity (Wildman–Crippen MR) is 77.3 cm³/mol. The molecule has 7 heteroatoms. The van der Waals surface area contributed by atoms with E-state index in [9.17, 15) is 13.2 Å². The van der Waals surface area contributed by atoms with Crippen molar-refractivity contribution in [2.75, 3.05) is 7.05 Å². The minimum atomic E-state index is -3.59. The summed E-state index contributed by atoms with van der Waals surface area (Å²) >= 11 is 0. The van der Waals surface area contributed by atoms with Crippen LogP contribution < -0.4 is 0 Å². The number of sulfonamides is 1. The van der Waals surface area contributed by atoms with Crippen LogP contribution in [0.5, 0.6) is 0 Å². The summed E-state index contributed by atoms with van der Waals surface area (Å²) in [4.78, 5) is 18.7. The minimum absolute atomic E-state index is 0.0371. The monoisotopic (exact) mass is 305 g/mol. The lowest BCUT2D eigenvalue weighted by atomic mass is 10.2. The van der Waals surface area contributed by atoms with Gasteiger partial charge >= 0.3 is 0 Å². The zero-order chi connectivity index (χ0) is 15.5. The second-order valence-electron chi connectivity index (χ2n) is 4.62. The van der Waals surface area contributed by atoms with Gasteiger partial charge in [-0.1, -0.05) is 17.7 Å². The number of hydrogen-bond donors (Lipinski definition) is 0. The molecule has 2 rings (SSSR count). The first-order chi connectivity index (χ1) is 9.93. The molecular formula is C14H15N3O3S. The molecule has 0 bridgehead atoms. The first kappa shape index (κ1) is 15.3. The average molecular weight is 305 g/mol. The van der Waals surface area contributed by atoms with Crippen molar-refractivity contribution in [1.29, 1.82) is 0 Å². The van der Waals surface area contributed by atoms with Crippen molar-refractivity contribution in [1.82, 2.24) is 14.3 Å². The molecular weight excluding hydrogens is 290 g/mol. The van der Waals surface area contributed by atoms with Crippen LogP contribution in [-0.4, -0.2) is 36.0 Å². The van der Waals surface area contributed by atoms with Gasteiger partial charge in [-0.2, -0.15) is 4.31 Å². The summed E-state index contributed by atoms with van der Waals surface area (Å²) in [5, 5.41) is 0. The van der Waals surface area contributed by atoms with Crippen molar-refractivity contribution in [3.8, 4) is 0 Å². The van der Waals surface area contributed by atoms with E-state index in [0.29, 0.717) is 17.7 Å². The van der Waals surface area contributed by atoms with Gasteiger partial charge < -0.3 is 0 Å². The number of nitrogens with zero attached hydrogens (tertiary/aromatic N) is 3. The Morgan fingerprint density at radius 1 is 1.14 bits per heavy atom. The summed E-state index contributed by atoms with van der Waals surface area (Å²) in [6.07, 6.45) is 3.36. The third-order valence-corrected chi connectivity index (χ3v) is 4.77. The number of hydrogen-bond acceptors (Lipinski definition) is 5. The van der Waals surface area contributed by atoms with E-state index in [1.807, 2.05) is 6.92 Å². The van der Waals surface area contributed by atoms with Crippen LogP contribution in [0.2, 0.25) is 0 Å². The largest absolute Gasteiger partial charge is 0.298 e. The lowest BCUT2D eigenvalue weighted by Gasteiger charge is -2.16. The Bertz CT molecular complexity index is 725. The topological polar surface area (TPSA) is 80.2 Å². The van der Waals surface area contributed by atoms with Crippen molar-refractivity contribution in [2.24, 2.45) is 0 Å². The second kappa shape index (κ2) is 6.11. The molecule has 0 aliphatic rings. The van der Waals surface area contributed by atoms with E-state index >= 15 is 0 Å². The summed E-state index contributed by atoms with van der Waals surface area (Å²) in [6, 6.07) is 6.63. The van der Waals surface area contributed by atoms with Gasteiger partial charge in [0.05, 0.1) is 17.0 Å². The molecule has 0 aliphatic heterocycles. The molecule has 1 heterocycles. The van der Waals surface area contributed by atoms with E-state index in [1.54, 1.807) is 24.3 Å². The molecule has 110 valence electrons. The quantitative estimate of drug-likeness (QED) is 0.780. The molecule has 6 nitrogen and oxygen atoms in total. The number of carbonyl (C=O) groups excluding carboxylic acids is 1. The third-order valence-electron chi connectivity index (χ3n) is 2.95. The Kier molecular flexibility index (Phi) is 4.44. The normalized spacial score (nSPS) is 11.6. The second-order valence-corrected chi connectivity index (χ2v) is 6.67. The molecule has 0 aliphatic carbocycles. The van der Waals surface area contributed by atoms with Gasteiger partial charge in [-0.05, 0) is 19.1 Å². The summed E-state index contributed by atoms with van der Waals surface area (Å²) in [7, 11) is -2.12. The van der Waals surface area contributed by atoms with Crippen LogP contribution >= 0.6 is 0 Å². The highest BCUT2D eigenvalue weighted by molar-refractivity contribution is 7.89. The lowest BCUT2D eigenvalue weighted by Crippen LogP contribution is -2.27. The fourth-order valence-electron chi connectivity index (χ4n) is 1.68. The SMILES string of the molecule is Cc1ccc(S(=O)(=O)N(C)Cc2ncc(C=O)cn2)cc1. The highest BCUT2D eigenvalue weighted by Crippen LogP contribution is 2.16. The van der Waals surface area contributed by atoms with Crippen LogP contribution in [-0.2, 0) is 16.6 Å². The molecule has 0 saturated carbocycles. The van der Waals surface area contributed by atoms with Crippen LogP contribution in [0.25, 0.3) is 0 Å². The van der Waals surface area contributed by atoms with Crippen molar-refractivity contribution < 1.29 is 13.2 Å². The van der Waals surface area contributed by atoms with Gasteiger partial charge in [0.2, 0.25) is 10.0 Å². The summed E-state index contributed by atoms with van der Waals surface area (Å²) in [5.74, 6) is 0.332. The van der Waals surface area contributed by atoms with Gasteiger partial charge in [0.25, 0.3) is 0 Å². The maximum Gasteiger partial charge on any atom is 0.243 e. The molecule has 2 aromatic rings. The number of benzene rings is 1. The molecule has 0 amide bonds. The molecule has 0 radical (unpaired) electrons. The van der Waals surface area contributed by atoms with Crippen LogP contribution in [0.4, 0.5) is 0 Å². The molecule has 0 N–H and O–H groups in total. The molecule has 21 heavy (non-hydrogen) atoms.